The average Bonchev–Trinajstić information content (AvgIpc) is 2.89. The Balaban J connectivity index is 1.39. The second-order valence-electron chi connectivity index (χ2n) is 8.56. The molecule has 2 aromatic carbocycles. The third-order valence-corrected chi connectivity index (χ3v) is 6.30. The minimum absolute atomic E-state index is 0.0543. The lowest BCUT2D eigenvalue weighted by Crippen LogP contribution is -2.37. The molecule has 3 N–H and O–H groups in total. The Bertz CT molecular complexity index is 1460. The quantitative estimate of drug-likeness (QED) is 0.312. The van der Waals surface area contributed by atoms with E-state index >= 15 is 0 Å². The van der Waals surface area contributed by atoms with E-state index in [-0.39, 0.29) is 19.4 Å². The summed E-state index contributed by atoms with van der Waals surface area (Å²) in [7, 11) is 1.56. The van der Waals surface area contributed by atoms with Crippen LogP contribution in [0, 0.1) is 5.92 Å². The molecule has 2 atom stereocenters. The zero-order valence-corrected chi connectivity index (χ0v) is 19.8. The normalized spacial score (nSPS) is 12.8. The minimum atomic E-state index is -1.17. The van der Waals surface area contributed by atoms with Crippen molar-refractivity contribution < 1.29 is 19.7 Å². The molecular formula is C27H27N3O6. The molecule has 9 heteroatoms. The Labute approximate surface area is 206 Å². The van der Waals surface area contributed by atoms with E-state index in [2.05, 4.69) is 9.97 Å². The van der Waals surface area contributed by atoms with Gasteiger partial charge in [-0.05, 0) is 48.6 Å². The van der Waals surface area contributed by atoms with Crippen LogP contribution in [-0.2, 0) is 17.8 Å². The minimum Gasteiger partial charge on any atom is -0.481 e. The zero-order chi connectivity index (χ0) is 25.7. The summed E-state index contributed by atoms with van der Waals surface area (Å²) in [5.74, 6) is -1.75. The molecule has 186 valence electrons. The number of ether oxygens (including phenoxy) is 1. The van der Waals surface area contributed by atoms with Crippen molar-refractivity contribution in [1.29, 1.82) is 0 Å². The lowest BCUT2D eigenvalue weighted by molar-refractivity contribution is -0.146. The van der Waals surface area contributed by atoms with Gasteiger partial charge in [0, 0.05) is 24.4 Å². The number of aliphatic hydroxyl groups is 1. The van der Waals surface area contributed by atoms with Crippen LogP contribution in [0.1, 0.15) is 18.4 Å². The first kappa shape index (κ1) is 24.9. The predicted octanol–water partition coefficient (Wildman–Crippen LogP) is 2.85. The van der Waals surface area contributed by atoms with Gasteiger partial charge in [-0.2, -0.15) is 0 Å². The number of H-pyrrole nitrogens is 1. The van der Waals surface area contributed by atoms with E-state index in [1.54, 1.807) is 43.6 Å². The van der Waals surface area contributed by atoms with Crippen LogP contribution in [0.5, 0.6) is 5.88 Å². The lowest BCUT2D eigenvalue weighted by Gasteiger charge is -2.19. The summed E-state index contributed by atoms with van der Waals surface area (Å²) in [6, 6.07) is 18.1. The predicted molar refractivity (Wildman–Crippen MR) is 135 cm³/mol. The fourth-order valence-corrected chi connectivity index (χ4v) is 4.20. The molecule has 0 aliphatic heterocycles. The summed E-state index contributed by atoms with van der Waals surface area (Å²) in [5.41, 5.74) is 2.19. The van der Waals surface area contributed by atoms with Crippen LogP contribution in [0.3, 0.4) is 0 Å². The van der Waals surface area contributed by atoms with Crippen LogP contribution in [0.4, 0.5) is 0 Å². The van der Waals surface area contributed by atoms with Gasteiger partial charge in [-0.1, -0.05) is 36.4 Å². The highest BCUT2D eigenvalue weighted by molar-refractivity contribution is 5.76. The number of hydrogen-bond acceptors (Lipinski definition) is 6. The van der Waals surface area contributed by atoms with Gasteiger partial charge >= 0.3 is 11.7 Å². The molecule has 2 heterocycles. The first-order valence-corrected chi connectivity index (χ1v) is 11.6. The number of aromatic nitrogens is 3. The maximum Gasteiger partial charge on any atom is 0.328 e. The first-order valence-electron chi connectivity index (χ1n) is 11.6. The smallest absolute Gasteiger partial charge is 0.328 e. The lowest BCUT2D eigenvalue weighted by atomic mass is 9.93. The number of para-hydroxylation sites is 1. The molecule has 0 bridgehead atoms. The number of nitrogens with zero attached hydrogens (tertiary/aromatic N) is 2. The highest BCUT2D eigenvalue weighted by atomic mass is 16.5. The Morgan fingerprint density at radius 1 is 1.03 bits per heavy atom. The van der Waals surface area contributed by atoms with Gasteiger partial charge < -0.3 is 19.9 Å². The van der Waals surface area contributed by atoms with E-state index < -0.39 is 29.2 Å². The number of carboxylic acid groups (broad SMARTS) is 1. The number of aromatic amines is 1. The van der Waals surface area contributed by atoms with Crippen LogP contribution >= 0.6 is 0 Å². The van der Waals surface area contributed by atoms with Crippen molar-refractivity contribution in [1.82, 2.24) is 14.5 Å². The summed E-state index contributed by atoms with van der Waals surface area (Å²) < 4.78 is 6.06. The highest BCUT2D eigenvalue weighted by Gasteiger charge is 2.26. The third-order valence-electron chi connectivity index (χ3n) is 6.30. The van der Waals surface area contributed by atoms with Crippen LogP contribution in [0.25, 0.3) is 22.0 Å². The van der Waals surface area contributed by atoms with Crippen molar-refractivity contribution in [3.63, 3.8) is 0 Å². The van der Waals surface area contributed by atoms with Crippen molar-refractivity contribution in [2.24, 2.45) is 5.92 Å². The number of rotatable bonds is 10. The summed E-state index contributed by atoms with van der Waals surface area (Å²) in [4.78, 5) is 43.8. The number of carboxylic acids is 1. The largest absolute Gasteiger partial charge is 0.481 e. The van der Waals surface area contributed by atoms with E-state index in [1.165, 1.54) is 0 Å². The third kappa shape index (κ3) is 5.52. The van der Waals surface area contributed by atoms with E-state index in [1.807, 2.05) is 30.3 Å². The Morgan fingerprint density at radius 3 is 2.42 bits per heavy atom. The zero-order valence-electron chi connectivity index (χ0n) is 19.8. The molecule has 0 spiro atoms. The molecule has 2 unspecified atom stereocenters. The summed E-state index contributed by atoms with van der Waals surface area (Å²) in [6.07, 6.45) is 1.23. The highest BCUT2D eigenvalue weighted by Crippen LogP contribution is 2.22. The molecule has 0 aliphatic carbocycles. The second-order valence-corrected chi connectivity index (χ2v) is 8.56. The molecule has 0 aliphatic rings. The number of carbonyl (C=O) groups is 1. The average molecular weight is 490 g/mol. The molecule has 0 radical (unpaired) electrons. The topological polar surface area (TPSA) is 135 Å². The van der Waals surface area contributed by atoms with E-state index in [9.17, 15) is 24.6 Å². The van der Waals surface area contributed by atoms with Gasteiger partial charge in [-0.15, -0.1) is 0 Å². The number of pyridine rings is 1. The molecular weight excluding hydrogens is 462 g/mol. The van der Waals surface area contributed by atoms with Gasteiger partial charge in [-0.25, -0.2) is 9.78 Å². The van der Waals surface area contributed by atoms with E-state index in [4.69, 9.17) is 4.74 Å². The van der Waals surface area contributed by atoms with Crippen LogP contribution < -0.4 is 16.0 Å². The summed E-state index contributed by atoms with van der Waals surface area (Å²) in [5, 5.41) is 20.7. The van der Waals surface area contributed by atoms with Crippen molar-refractivity contribution in [2.75, 3.05) is 7.11 Å². The Morgan fingerprint density at radius 2 is 1.75 bits per heavy atom. The van der Waals surface area contributed by atoms with E-state index in [0.29, 0.717) is 23.2 Å². The molecule has 2 aromatic heterocycles. The Kier molecular flexibility index (Phi) is 7.60. The second kappa shape index (κ2) is 11.0. The van der Waals surface area contributed by atoms with Gasteiger partial charge in [-0.3, -0.25) is 14.2 Å². The number of aliphatic hydroxyl groups excluding tert-OH is 1. The first-order chi connectivity index (χ1) is 17.4. The standard InChI is InChI=1S/C27H27N3O6/c1-36-24-13-11-19(16-28-24)18-9-6-17(7-10-18)8-12-23(31)21(26(33)34)14-15-30-25(32)20-4-2-3-5-22(20)29-27(30)35/h2-7,9-11,13,16,21,23,31H,8,12,14-15H2,1H3,(H,29,35)(H,33,34). The Hall–Kier alpha value is -4.24. The molecule has 0 saturated heterocycles. The van der Waals surface area contributed by atoms with Gasteiger partial charge in [0.05, 0.1) is 30.0 Å². The molecule has 0 fully saturated rings. The van der Waals surface area contributed by atoms with Gasteiger partial charge in [0.1, 0.15) is 0 Å². The number of nitrogens with one attached hydrogen (secondary N) is 1. The fraction of sp³-hybridized carbons (Fsp3) is 0.259. The van der Waals surface area contributed by atoms with Crippen LogP contribution in [-0.4, -0.2) is 43.9 Å². The molecule has 4 aromatic rings. The van der Waals surface area contributed by atoms with Crippen molar-refractivity contribution >= 4 is 16.9 Å². The van der Waals surface area contributed by atoms with Gasteiger partial charge in [0.25, 0.3) is 5.56 Å². The molecule has 0 saturated carbocycles. The van der Waals surface area contributed by atoms with Crippen molar-refractivity contribution in [3.05, 3.63) is 93.3 Å². The number of methoxy groups -OCH3 is 1. The SMILES string of the molecule is COc1ccc(-c2ccc(CCC(O)C(CCn3c(=O)[nH]c4ccccc4c3=O)C(=O)O)cc2)cn1. The van der Waals surface area contributed by atoms with Crippen LogP contribution in [0.2, 0.25) is 0 Å². The van der Waals surface area contributed by atoms with Crippen molar-refractivity contribution in [3.8, 4) is 17.0 Å². The van der Waals surface area contributed by atoms with Gasteiger partial charge in [0.2, 0.25) is 5.88 Å². The maximum absolute atomic E-state index is 12.7. The van der Waals surface area contributed by atoms with Crippen molar-refractivity contribution in [2.45, 2.75) is 31.9 Å². The fourth-order valence-electron chi connectivity index (χ4n) is 4.20. The number of fused-ring (bicyclic) bond motifs is 1. The summed E-state index contributed by atoms with van der Waals surface area (Å²) >= 11 is 0. The number of hydrogen-bond donors (Lipinski definition) is 3. The summed E-state index contributed by atoms with van der Waals surface area (Å²) in [6.45, 7) is -0.113. The number of aliphatic carboxylic acids is 1. The number of aryl methyl sites for hydroxylation is 1. The molecule has 36 heavy (non-hydrogen) atoms. The van der Waals surface area contributed by atoms with E-state index in [0.717, 1.165) is 21.3 Å². The monoisotopic (exact) mass is 489 g/mol. The molecule has 9 nitrogen and oxygen atoms in total. The van der Waals surface area contributed by atoms with Gasteiger partial charge in [0.15, 0.2) is 0 Å². The molecule has 4 rings (SSSR count). The molecule has 0 amide bonds. The maximum atomic E-state index is 12.7. The van der Waals surface area contributed by atoms with Crippen LogP contribution in [0.15, 0.2) is 76.4 Å². The number of benzene rings is 2.